The summed E-state index contributed by atoms with van der Waals surface area (Å²) < 4.78 is 60.8. The Bertz CT molecular complexity index is 7840. The molecule has 4 aromatic heterocycles. The standard InChI is InChI=1S/4C30H27BO2S/c1-29(2)30(3,4)33-31(32-29)26-14-7-5-10-22(26)20-16-18-21(19-17-20)23-12-9-13-25-24-11-6-8-15-27(24)34-28(23)25;1-29(2)30(3,4)33-31(32-29)23-10-7-9-22(19-23)20-15-17-21(18-16-20)24-12-8-13-26-25-11-5-6-14-27(25)34-28(24)26;1-29(2)30(3,4)33-31(32-29)23-17-15-20(16-18-23)21-9-7-10-22(19-21)24-12-8-13-26-25-11-5-6-14-27(25)34-28(24)26;1-29(2)30(3,4)33-31(32-29)23-18-16-21(17-19-23)20-12-14-22(15-13-20)24-9-7-10-26-25-8-5-6-11-27(25)34-28(24)26/h4*5-19H,1-4H3. The topological polar surface area (TPSA) is 73.8 Å². The molecule has 8 heterocycles. The van der Waals surface area contributed by atoms with Crippen molar-refractivity contribution in [2.75, 3.05) is 0 Å². The molecule has 0 amide bonds. The van der Waals surface area contributed by atoms with Gasteiger partial charge in [0.15, 0.2) is 0 Å². The van der Waals surface area contributed by atoms with E-state index in [0.717, 1.165) is 33.0 Å². The number of hydrogen-bond acceptors (Lipinski definition) is 12. The van der Waals surface area contributed by atoms with Gasteiger partial charge in [-0.15, -0.1) is 45.3 Å². The molecule has 16 aromatic carbocycles. The summed E-state index contributed by atoms with van der Waals surface area (Å²) in [5, 5.41) is 10.7. The van der Waals surface area contributed by atoms with Crippen LogP contribution in [0.4, 0.5) is 0 Å². The van der Waals surface area contributed by atoms with Crippen LogP contribution in [0.15, 0.2) is 364 Å². The lowest BCUT2D eigenvalue weighted by molar-refractivity contribution is 0.00578. The van der Waals surface area contributed by atoms with Crippen molar-refractivity contribution in [1.82, 2.24) is 0 Å². The largest absolute Gasteiger partial charge is 0.495 e. The van der Waals surface area contributed by atoms with Crippen molar-refractivity contribution in [3.05, 3.63) is 364 Å². The van der Waals surface area contributed by atoms with Gasteiger partial charge in [0.1, 0.15) is 0 Å². The van der Waals surface area contributed by atoms with Crippen LogP contribution in [0.1, 0.15) is 111 Å². The lowest BCUT2D eigenvalue weighted by Gasteiger charge is -2.32. The Morgan fingerprint density at radius 1 is 0.162 bits per heavy atom. The summed E-state index contributed by atoms with van der Waals surface area (Å²) in [6.07, 6.45) is 0. The minimum absolute atomic E-state index is 0.330. The van der Waals surface area contributed by atoms with E-state index in [1.165, 1.54) is 159 Å². The fourth-order valence-corrected chi connectivity index (χ4v) is 23.6. The van der Waals surface area contributed by atoms with Crippen molar-refractivity contribution in [1.29, 1.82) is 0 Å². The lowest BCUT2D eigenvalue weighted by Crippen LogP contribution is -2.41. The molecular weight excluding hydrogens is 1740 g/mol. The third-order valence-corrected chi connectivity index (χ3v) is 34.3. The third-order valence-electron chi connectivity index (χ3n) is 29.4. The van der Waals surface area contributed by atoms with E-state index < -0.39 is 0 Å². The molecule has 0 bridgehead atoms. The van der Waals surface area contributed by atoms with Crippen molar-refractivity contribution >= 4 is 176 Å². The molecule has 0 radical (unpaired) electrons. The fourth-order valence-electron chi connectivity index (χ4n) is 18.7. The molecule has 136 heavy (non-hydrogen) atoms. The molecule has 8 nitrogen and oxygen atoms in total. The van der Waals surface area contributed by atoms with Gasteiger partial charge in [-0.25, -0.2) is 0 Å². The smallest absolute Gasteiger partial charge is 0.399 e. The Kier molecular flexibility index (Phi) is 23.6. The second kappa shape index (κ2) is 35.4. The predicted molar refractivity (Wildman–Crippen MR) is 584 cm³/mol. The SMILES string of the molecule is CC1(C)OB(c2ccc(-c3ccc(-c4cccc5c4sc4ccccc45)cc3)cc2)OC1(C)C.CC1(C)OB(c2ccc(-c3cccc(-c4cccc5c4sc4ccccc45)c3)cc2)OC1(C)C.CC1(C)OB(c2cccc(-c3ccc(-c4cccc5c4sc4ccccc45)cc3)c2)OC1(C)C.CC1(C)OB(c2ccccc2-c2ccc(-c3cccc4c3sc3ccccc34)cc2)OC1(C)C. The van der Waals surface area contributed by atoms with Crippen molar-refractivity contribution < 1.29 is 37.2 Å². The van der Waals surface area contributed by atoms with Gasteiger partial charge in [0, 0.05) is 80.7 Å². The monoisotopic (exact) mass is 1850 g/mol. The normalized spacial score (nSPS) is 17.0. The fraction of sp³-hybridized carbons (Fsp3) is 0.200. The Morgan fingerprint density at radius 2 is 0.382 bits per heavy atom. The van der Waals surface area contributed by atoms with E-state index in [2.05, 4.69) is 475 Å². The summed E-state index contributed by atoms with van der Waals surface area (Å²) in [7, 11) is -1.40. The van der Waals surface area contributed by atoms with Crippen molar-refractivity contribution in [2.24, 2.45) is 0 Å². The van der Waals surface area contributed by atoms with Crippen LogP contribution >= 0.6 is 45.3 Å². The number of benzene rings is 16. The summed E-state index contributed by atoms with van der Waals surface area (Å²) in [5.41, 5.74) is 21.0. The first kappa shape index (κ1) is 90.8. The van der Waals surface area contributed by atoms with Gasteiger partial charge < -0.3 is 37.2 Å². The molecule has 0 unspecified atom stereocenters. The van der Waals surface area contributed by atoms with Crippen LogP contribution in [-0.2, 0) is 37.2 Å². The molecule has 0 aliphatic carbocycles. The molecule has 24 rings (SSSR count). The molecule has 4 saturated heterocycles. The van der Waals surface area contributed by atoms with Crippen LogP contribution in [0, 0.1) is 0 Å². The number of rotatable bonds is 12. The number of hydrogen-bond donors (Lipinski definition) is 0. The minimum atomic E-state index is -0.381. The molecule has 0 saturated carbocycles. The predicted octanol–water partition coefficient (Wildman–Crippen LogP) is 30.8. The molecule has 672 valence electrons. The molecule has 4 fully saturated rings. The van der Waals surface area contributed by atoms with Crippen LogP contribution in [0.2, 0.25) is 0 Å². The highest BCUT2D eigenvalue weighted by Crippen LogP contribution is 2.48. The zero-order valence-corrected chi connectivity index (χ0v) is 83.1. The van der Waals surface area contributed by atoms with Gasteiger partial charge in [0.05, 0.1) is 44.8 Å². The second-order valence-electron chi connectivity index (χ2n) is 40.2. The highest BCUT2D eigenvalue weighted by atomic mass is 32.1. The molecule has 16 heteroatoms. The van der Waals surface area contributed by atoms with Gasteiger partial charge in [0.2, 0.25) is 0 Å². The van der Waals surface area contributed by atoms with Gasteiger partial charge in [-0.2, -0.15) is 0 Å². The average Bonchev–Trinajstić information content (AvgIpc) is 1.68. The van der Waals surface area contributed by atoms with E-state index in [4.69, 9.17) is 37.2 Å². The summed E-state index contributed by atoms with van der Waals surface area (Å²) in [4.78, 5) is 0. The molecule has 0 spiro atoms. The first-order chi connectivity index (χ1) is 65.3. The first-order valence-electron chi connectivity index (χ1n) is 47.2. The zero-order valence-electron chi connectivity index (χ0n) is 79.8. The van der Waals surface area contributed by atoms with E-state index in [1.54, 1.807) is 0 Å². The molecule has 0 atom stereocenters. The van der Waals surface area contributed by atoms with Crippen LogP contribution in [0.5, 0.6) is 0 Å². The van der Waals surface area contributed by atoms with Gasteiger partial charge in [-0.3, -0.25) is 0 Å². The highest BCUT2D eigenvalue weighted by molar-refractivity contribution is 7.27. The van der Waals surface area contributed by atoms with Crippen molar-refractivity contribution in [2.45, 2.75) is 156 Å². The van der Waals surface area contributed by atoms with Gasteiger partial charge in [0.25, 0.3) is 0 Å². The molecule has 20 aromatic rings. The maximum atomic E-state index is 6.36. The van der Waals surface area contributed by atoms with Gasteiger partial charge in [-0.1, -0.05) is 334 Å². The maximum absolute atomic E-state index is 6.36. The average molecular weight is 1850 g/mol. The Labute approximate surface area is 815 Å². The first-order valence-corrected chi connectivity index (χ1v) is 50.4. The highest BCUT2D eigenvalue weighted by Gasteiger charge is 2.55. The van der Waals surface area contributed by atoms with Crippen LogP contribution in [0.3, 0.4) is 0 Å². The van der Waals surface area contributed by atoms with E-state index in [1.807, 2.05) is 45.3 Å². The Balaban J connectivity index is 0.000000108. The van der Waals surface area contributed by atoms with Crippen molar-refractivity contribution in [3.63, 3.8) is 0 Å². The molecule has 4 aliphatic rings. The molecule has 4 aliphatic heterocycles. The van der Waals surface area contributed by atoms with E-state index in [9.17, 15) is 0 Å². The van der Waals surface area contributed by atoms with E-state index >= 15 is 0 Å². The van der Waals surface area contributed by atoms with Crippen molar-refractivity contribution in [3.8, 4) is 89.0 Å². The van der Waals surface area contributed by atoms with Gasteiger partial charge >= 0.3 is 28.5 Å². The summed E-state index contributed by atoms with van der Waals surface area (Å²) in [6.45, 7) is 33.4. The quantitative estimate of drug-likeness (QED) is 0.112. The van der Waals surface area contributed by atoms with Crippen LogP contribution < -0.4 is 21.9 Å². The number of thiophene rings is 4. The van der Waals surface area contributed by atoms with Crippen LogP contribution in [-0.4, -0.2) is 73.3 Å². The zero-order chi connectivity index (χ0) is 94.0. The second-order valence-corrected chi connectivity index (χ2v) is 44.5. The van der Waals surface area contributed by atoms with E-state index in [0.29, 0.717) is 0 Å². The minimum Gasteiger partial charge on any atom is -0.399 e. The number of fused-ring (bicyclic) bond motifs is 12. The third kappa shape index (κ3) is 17.0. The molecular formula is C120H108B4O8S4. The Morgan fingerprint density at radius 3 is 0.721 bits per heavy atom. The van der Waals surface area contributed by atoms with Gasteiger partial charge in [-0.05, 0) is 252 Å². The molecule has 0 N–H and O–H groups in total. The summed E-state index contributed by atoms with van der Waals surface area (Å²) in [6, 6.07) is 131. The summed E-state index contributed by atoms with van der Waals surface area (Å²) in [5.74, 6) is 0. The Hall–Kier alpha value is -11.7. The summed E-state index contributed by atoms with van der Waals surface area (Å²) >= 11 is 7.49. The lowest BCUT2D eigenvalue weighted by atomic mass is 9.74. The van der Waals surface area contributed by atoms with E-state index in [-0.39, 0.29) is 73.3 Å². The maximum Gasteiger partial charge on any atom is 0.495 e. The van der Waals surface area contributed by atoms with Crippen LogP contribution in [0.25, 0.3) is 170 Å².